The van der Waals surface area contributed by atoms with Gasteiger partial charge in [-0.05, 0) is 0 Å². The maximum atomic E-state index is 6.44. The normalized spacial score (nSPS) is 13.1. The summed E-state index contributed by atoms with van der Waals surface area (Å²) in [7, 11) is -2.76. The van der Waals surface area contributed by atoms with Crippen molar-refractivity contribution >= 4 is 15.6 Å². The fourth-order valence-corrected chi connectivity index (χ4v) is 20.1. The molecule has 196 valence electrons. The maximum absolute atomic E-state index is 6.44. The van der Waals surface area contributed by atoms with E-state index in [9.17, 15) is 0 Å². The molecule has 32 heavy (non-hydrogen) atoms. The van der Waals surface area contributed by atoms with Crippen LogP contribution in [0.25, 0.3) is 0 Å². The van der Waals surface area contributed by atoms with Crippen molar-refractivity contribution in [2.24, 2.45) is 0 Å². The number of hydrogen-bond donors (Lipinski definition) is 0. The fraction of sp³-hybridized carbons (Fsp3) is 1.00. The summed E-state index contributed by atoms with van der Waals surface area (Å²) >= 11 is 0. The van der Waals surface area contributed by atoms with E-state index in [1.165, 1.54) is 121 Å². The van der Waals surface area contributed by atoms with Gasteiger partial charge in [0.25, 0.3) is 0 Å². The van der Waals surface area contributed by atoms with E-state index in [1.54, 1.807) is 18.5 Å². The van der Waals surface area contributed by atoms with Crippen LogP contribution < -0.4 is 0 Å². The van der Waals surface area contributed by atoms with Gasteiger partial charge >= 0.3 is 207 Å². The second kappa shape index (κ2) is 22.1. The number of unbranched alkanes of at least 4 members (excludes halogenated alkanes) is 15. The molecule has 0 atom stereocenters. The van der Waals surface area contributed by atoms with Gasteiger partial charge in [0.15, 0.2) is 0 Å². The monoisotopic (exact) mass is 488 g/mol. The molecular weight excluding hydrogens is 423 g/mol. The summed E-state index contributed by atoms with van der Waals surface area (Å²) in [6.07, 6.45) is 31.0. The summed E-state index contributed by atoms with van der Waals surface area (Å²) in [5.74, 6) is 1.53. The Morgan fingerprint density at radius 1 is 0.469 bits per heavy atom. The van der Waals surface area contributed by atoms with E-state index in [-0.39, 0.29) is 0 Å². The Labute approximate surface area is 207 Å². The average Bonchev–Trinajstić information content (AvgIpc) is 2.75. The van der Waals surface area contributed by atoms with E-state index in [0.717, 1.165) is 6.61 Å². The quantitative estimate of drug-likeness (QED) is 0.0705. The van der Waals surface area contributed by atoms with Crippen LogP contribution in [0, 0.1) is 0 Å². The molecule has 0 unspecified atom stereocenters. The van der Waals surface area contributed by atoms with E-state index in [0.29, 0.717) is 0 Å². The predicted octanol–water partition coefficient (Wildman–Crippen LogP) is 10.6. The van der Waals surface area contributed by atoms with Gasteiger partial charge < -0.3 is 0 Å². The number of rotatable bonds is 25. The Balaban J connectivity index is 5.00. The zero-order valence-corrected chi connectivity index (χ0v) is 25.7. The standard InChI is InChI=1S/C29H65OPSi/c1-7-11-14-17-20-23-26-31(29-32(5,6)30-10-4,27-24-21-18-15-12-8-2)28-25-22-19-16-13-9-3/h31H,7-29H2,1-6H3. The second-order valence-corrected chi connectivity index (χ2v) is 21.1. The Hall–Kier alpha value is 0.607. The van der Waals surface area contributed by atoms with E-state index >= 15 is 0 Å². The van der Waals surface area contributed by atoms with E-state index < -0.39 is 15.6 Å². The Morgan fingerprint density at radius 3 is 1.09 bits per heavy atom. The summed E-state index contributed by atoms with van der Waals surface area (Å²) in [5.41, 5.74) is 0. The van der Waals surface area contributed by atoms with Gasteiger partial charge in [-0.15, -0.1) is 0 Å². The van der Waals surface area contributed by atoms with Crippen LogP contribution in [0.15, 0.2) is 0 Å². The molecule has 0 aromatic rings. The van der Waals surface area contributed by atoms with Gasteiger partial charge in [-0.2, -0.15) is 0 Å². The van der Waals surface area contributed by atoms with Gasteiger partial charge in [-0.1, -0.05) is 0 Å². The summed E-state index contributed by atoms with van der Waals surface area (Å²) in [5, 5.41) is 0. The van der Waals surface area contributed by atoms with Crippen LogP contribution in [0.5, 0.6) is 0 Å². The van der Waals surface area contributed by atoms with E-state index in [2.05, 4.69) is 40.8 Å². The first-order valence-corrected chi connectivity index (χ1v) is 21.0. The summed E-state index contributed by atoms with van der Waals surface area (Å²) in [4.78, 5) is 0. The van der Waals surface area contributed by atoms with Crippen molar-refractivity contribution in [1.29, 1.82) is 0 Å². The Kier molecular flexibility index (Phi) is 22.5. The zero-order chi connectivity index (χ0) is 24.0. The molecule has 0 radical (unpaired) electrons. The zero-order valence-electron chi connectivity index (χ0n) is 23.7. The van der Waals surface area contributed by atoms with Crippen LogP contribution in [0.3, 0.4) is 0 Å². The van der Waals surface area contributed by atoms with Crippen molar-refractivity contribution in [2.75, 3.05) is 30.9 Å². The van der Waals surface area contributed by atoms with Gasteiger partial charge in [0, 0.05) is 0 Å². The fourth-order valence-electron chi connectivity index (χ4n) is 5.83. The van der Waals surface area contributed by atoms with Crippen LogP contribution in [-0.4, -0.2) is 39.2 Å². The van der Waals surface area contributed by atoms with Crippen LogP contribution in [0.2, 0.25) is 13.1 Å². The van der Waals surface area contributed by atoms with Gasteiger partial charge in [0.2, 0.25) is 0 Å². The van der Waals surface area contributed by atoms with Crippen LogP contribution in [0.1, 0.15) is 143 Å². The number of hydrogen-bond acceptors (Lipinski definition) is 1. The molecule has 0 aliphatic carbocycles. The molecule has 1 nitrogen and oxygen atoms in total. The van der Waals surface area contributed by atoms with E-state index in [1.807, 2.05) is 0 Å². The van der Waals surface area contributed by atoms with Gasteiger partial charge in [-0.3, -0.25) is 0 Å². The molecule has 0 amide bonds. The first-order valence-electron chi connectivity index (χ1n) is 15.1. The Morgan fingerprint density at radius 2 is 0.781 bits per heavy atom. The average molecular weight is 489 g/mol. The molecule has 3 heteroatoms. The molecule has 0 aliphatic rings. The second-order valence-electron chi connectivity index (χ2n) is 11.4. The van der Waals surface area contributed by atoms with Crippen LogP contribution in [-0.2, 0) is 4.43 Å². The third kappa shape index (κ3) is 19.0. The topological polar surface area (TPSA) is 9.23 Å². The third-order valence-electron chi connectivity index (χ3n) is 7.52. The SMILES string of the molecule is CCCCCCCC[PH](CCCCCCCC)(CCCCCCCC)C[Si](C)(C)OCC. The molecule has 0 saturated heterocycles. The van der Waals surface area contributed by atoms with Crippen LogP contribution >= 0.6 is 7.26 Å². The molecule has 0 rings (SSSR count). The molecule has 0 N–H and O–H groups in total. The predicted molar refractivity (Wildman–Crippen MR) is 157 cm³/mol. The summed E-state index contributed by atoms with van der Waals surface area (Å²) < 4.78 is 6.44. The van der Waals surface area contributed by atoms with Crippen molar-refractivity contribution in [1.82, 2.24) is 0 Å². The summed E-state index contributed by atoms with van der Waals surface area (Å²) in [6.45, 7) is 15.2. The van der Waals surface area contributed by atoms with Gasteiger partial charge in [0.05, 0.1) is 0 Å². The molecule has 0 bridgehead atoms. The van der Waals surface area contributed by atoms with Crippen LogP contribution in [0.4, 0.5) is 0 Å². The first-order chi connectivity index (χ1) is 15.4. The van der Waals surface area contributed by atoms with E-state index in [4.69, 9.17) is 4.43 Å². The Bertz CT molecular complexity index is 345. The molecule has 0 spiro atoms. The van der Waals surface area contributed by atoms with Crippen molar-refractivity contribution in [3.8, 4) is 0 Å². The van der Waals surface area contributed by atoms with Gasteiger partial charge in [-0.25, -0.2) is 0 Å². The molecule has 0 heterocycles. The molecule has 0 saturated carbocycles. The molecule has 0 fully saturated rings. The van der Waals surface area contributed by atoms with Crippen molar-refractivity contribution in [2.45, 2.75) is 156 Å². The minimum atomic E-state index is -1.52. The molecular formula is C29H65OPSi. The van der Waals surface area contributed by atoms with Crippen molar-refractivity contribution in [3.63, 3.8) is 0 Å². The molecule has 0 aromatic heterocycles. The minimum absolute atomic E-state index is 0.925. The summed E-state index contributed by atoms with van der Waals surface area (Å²) in [6, 6.07) is 0. The molecule has 0 aromatic carbocycles. The molecule has 0 aliphatic heterocycles. The third-order valence-corrected chi connectivity index (χ3v) is 19.2. The van der Waals surface area contributed by atoms with Gasteiger partial charge in [0.1, 0.15) is 0 Å². The van der Waals surface area contributed by atoms with Crippen molar-refractivity contribution in [3.05, 3.63) is 0 Å². The van der Waals surface area contributed by atoms with Crippen molar-refractivity contribution < 1.29 is 4.43 Å². The first kappa shape index (κ1) is 32.6.